The lowest BCUT2D eigenvalue weighted by Crippen LogP contribution is -2.53. The van der Waals surface area contributed by atoms with Crippen molar-refractivity contribution in [1.29, 1.82) is 0 Å². The number of hydrogen-bond acceptors (Lipinski definition) is 5. The summed E-state index contributed by atoms with van der Waals surface area (Å²) in [5.74, 6) is -0.114. The van der Waals surface area contributed by atoms with Crippen molar-refractivity contribution in [3.05, 3.63) is 0 Å². The van der Waals surface area contributed by atoms with Gasteiger partial charge in [-0.3, -0.25) is 19.9 Å². The zero-order valence-corrected chi connectivity index (χ0v) is 13.5. The fraction of sp³-hybridized carbons (Fsp3) is 0.800. The van der Waals surface area contributed by atoms with Crippen LogP contribution in [0.2, 0.25) is 0 Å². The fourth-order valence-electron chi connectivity index (χ4n) is 3.44. The van der Waals surface area contributed by atoms with Crippen LogP contribution in [0, 0.1) is 5.92 Å². The van der Waals surface area contributed by atoms with E-state index >= 15 is 0 Å². The predicted molar refractivity (Wildman–Crippen MR) is 81.1 cm³/mol. The molecule has 8 nitrogen and oxygen atoms in total. The molecule has 1 aliphatic carbocycles. The van der Waals surface area contributed by atoms with Gasteiger partial charge in [-0.2, -0.15) is 5.01 Å². The van der Waals surface area contributed by atoms with Crippen molar-refractivity contribution in [3.63, 3.8) is 0 Å². The van der Waals surface area contributed by atoms with Gasteiger partial charge in [-0.1, -0.05) is 6.92 Å². The first-order valence-electron chi connectivity index (χ1n) is 8.26. The van der Waals surface area contributed by atoms with E-state index in [4.69, 9.17) is 4.74 Å². The third-order valence-electron chi connectivity index (χ3n) is 5.00. The van der Waals surface area contributed by atoms with Gasteiger partial charge in [0.2, 0.25) is 0 Å². The highest BCUT2D eigenvalue weighted by atomic mass is 16.5. The molecule has 2 saturated heterocycles. The van der Waals surface area contributed by atoms with Crippen LogP contribution in [0.3, 0.4) is 0 Å². The van der Waals surface area contributed by atoms with Crippen molar-refractivity contribution in [2.45, 2.75) is 38.1 Å². The van der Waals surface area contributed by atoms with Crippen LogP contribution in [-0.4, -0.2) is 66.1 Å². The number of nitrogens with zero attached hydrogens (tertiary/aromatic N) is 2. The zero-order valence-electron chi connectivity index (χ0n) is 13.5. The number of amides is 4. The fourth-order valence-corrected chi connectivity index (χ4v) is 3.44. The molecule has 3 rings (SSSR count). The summed E-state index contributed by atoms with van der Waals surface area (Å²) in [7, 11) is 0. The van der Waals surface area contributed by atoms with Crippen LogP contribution in [0.25, 0.3) is 0 Å². The molecule has 1 spiro atoms. The van der Waals surface area contributed by atoms with Crippen molar-refractivity contribution in [2.24, 2.45) is 5.92 Å². The standard InChI is InChI=1S/C15H24N4O4/c1-11-2-4-15(5-3-11)13(21)19(14(22)16-15)17-12(20)10-18-6-8-23-9-7-18/h11H,2-10H2,1H3,(H,16,22)(H,17,20). The Morgan fingerprint density at radius 2 is 1.96 bits per heavy atom. The minimum absolute atomic E-state index is 0.157. The largest absolute Gasteiger partial charge is 0.379 e. The number of carbonyl (C=O) groups excluding carboxylic acids is 3. The second kappa shape index (κ2) is 6.45. The molecule has 0 atom stereocenters. The molecule has 3 aliphatic rings. The number of urea groups is 1. The van der Waals surface area contributed by atoms with E-state index in [0.717, 1.165) is 17.9 Å². The first kappa shape index (κ1) is 16.2. The average Bonchev–Trinajstić information content (AvgIpc) is 2.76. The van der Waals surface area contributed by atoms with E-state index in [2.05, 4.69) is 17.7 Å². The molecule has 2 N–H and O–H groups in total. The van der Waals surface area contributed by atoms with Gasteiger partial charge in [0.15, 0.2) is 0 Å². The van der Waals surface area contributed by atoms with Gasteiger partial charge >= 0.3 is 6.03 Å². The van der Waals surface area contributed by atoms with Gasteiger partial charge in [-0.25, -0.2) is 4.79 Å². The lowest BCUT2D eigenvalue weighted by atomic mass is 9.77. The number of morpholine rings is 1. The molecule has 0 radical (unpaired) electrons. The summed E-state index contributed by atoms with van der Waals surface area (Å²) in [6, 6.07) is -0.528. The van der Waals surface area contributed by atoms with Crippen LogP contribution in [0.1, 0.15) is 32.6 Å². The van der Waals surface area contributed by atoms with E-state index in [1.54, 1.807) is 0 Å². The molecule has 23 heavy (non-hydrogen) atoms. The first-order chi connectivity index (χ1) is 11.0. The van der Waals surface area contributed by atoms with Gasteiger partial charge in [0, 0.05) is 13.1 Å². The number of hydrazine groups is 1. The Morgan fingerprint density at radius 1 is 1.30 bits per heavy atom. The van der Waals surface area contributed by atoms with Crippen LogP contribution in [0.5, 0.6) is 0 Å². The lowest BCUT2D eigenvalue weighted by molar-refractivity contribution is -0.140. The summed E-state index contributed by atoms with van der Waals surface area (Å²) in [5.41, 5.74) is 1.64. The Bertz CT molecular complexity index is 496. The van der Waals surface area contributed by atoms with Gasteiger partial charge in [-0.05, 0) is 31.6 Å². The smallest absolute Gasteiger partial charge is 0.344 e. The minimum atomic E-state index is -0.824. The molecule has 0 aromatic carbocycles. The summed E-state index contributed by atoms with van der Waals surface area (Å²) >= 11 is 0. The first-order valence-corrected chi connectivity index (χ1v) is 8.26. The van der Waals surface area contributed by atoms with Crippen molar-refractivity contribution < 1.29 is 19.1 Å². The maximum absolute atomic E-state index is 12.6. The van der Waals surface area contributed by atoms with Gasteiger partial charge < -0.3 is 10.1 Å². The molecule has 0 unspecified atom stereocenters. The van der Waals surface area contributed by atoms with E-state index in [0.29, 0.717) is 45.1 Å². The highest BCUT2D eigenvalue weighted by Gasteiger charge is 2.52. The summed E-state index contributed by atoms with van der Waals surface area (Å²) in [6.07, 6.45) is 3.08. The van der Waals surface area contributed by atoms with Gasteiger partial charge in [-0.15, -0.1) is 0 Å². The quantitative estimate of drug-likeness (QED) is 0.705. The summed E-state index contributed by atoms with van der Waals surface area (Å²) < 4.78 is 5.23. The van der Waals surface area contributed by atoms with Crippen molar-refractivity contribution in [3.8, 4) is 0 Å². The highest BCUT2D eigenvalue weighted by molar-refractivity contribution is 6.08. The molecular formula is C15H24N4O4. The van der Waals surface area contributed by atoms with Gasteiger partial charge in [0.05, 0.1) is 19.8 Å². The molecule has 0 aromatic rings. The van der Waals surface area contributed by atoms with E-state index < -0.39 is 11.6 Å². The van der Waals surface area contributed by atoms with E-state index in [-0.39, 0.29) is 18.4 Å². The van der Waals surface area contributed by atoms with E-state index in [9.17, 15) is 14.4 Å². The Balaban J connectivity index is 1.58. The predicted octanol–water partition coefficient (Wildman–Crippen LogP) is -0.149. The normalized spacial score (nSPS) is 32.2. The molecule has 2 heterocycles. The Morgan fingerprint density at radius 3 is 2.61 bits per heavy atom. The SMILES string of the molecule is CC1CCC2(CC1)NC(=O)N(NC(=O)CN1CCOCC1)C2=O. The molecular weight excluding hydrogens is 300 g/mol. The summed E-state index contributed by atoms with van der Waals surface area (Å²) in [4.78, 5) is 38.8. The number of imide groups is 1. The highest BCUT2D eigenvalue weighted by Crippen LogP contribution is 2.35. The topological polar surface area (TPSA) is 91.0 Å². The third kappa shape index (κ3) is 3.32. The molecule has 128 valence electrons. The Hall–Kier alpha value is -1.67. The zero-order chi connectivity index (χ0) is 16.4. The molecule has 1 saturated carbocycles. The van der Waals surface area contributed by atoms with Crippen molar-refractivity contribution >= 4 is 17.8 Å². The Kier molecular flexibility index (Phi) is 4.54. The number of carbonyl (C=O) groups is 3. The number of nitrogens with one attached hydrogen (secondary N) is 2. The van der Waals surface area contributed by atoms with Crippen molar-refractivity contribution in [2.75, 3.05) is 32.8 Å². The summed E-state index contributed by atoms with van der Waals surface area (Å²) in [5, 5.41) is 3.65. The second-order valence-corrected chi connectivity index (χ2v) is 6.76. The molecule has 0 bridgehead atoms. The molecule has 3 fully saturated rings. The molecule has 0 aromatic heterocycles. The monoisotopic (exact) mass is 324 g/mol. The lowest BCUT2D eigenvalue weighted by Gasteiger charge is -2.33. The van der Waals surface area contributed by atoms with Crippen LogP contribution in [0.15, 0.2) is 0 Å². The Labute approximate surface area is 135 Å². The third-order valence-corrected chi connectivity index (χ3v) is 5.00. The molecule has 2 aliphatic heterocycles. The molecule has 4 amide bonds. The van der Waals surface area contributed by atoms with Crippen LogP contribution in [0.4, 0.5) is 4.79 Å². The average molecular weight is 324 g/mol. The number of rotatable bonds is 3. The van der Waals surface area contributed by atoms with Crippen molar-refractivity contribution in [1.82, 2.24) is 20.7 Å². The van der Waals surface area contributed by atoms with Gasteiger partial charge in [0.1, 0.15) is 5.54 Å². The van der Waals surface area contributed by atoms with Crippen LogP contribution >= 0.6 is 0 Å². The van der Waals surface area contributed by atoms with Crippen LogP contribution in [-0.2, 0) is 14.3 Å². The number of hydrogen-bond donors (Lipinski definition) is 2. The van der Waals surface area contributed by atoms with E-state index in [1.165, 1.54) is 0 Å². The van der Waals surface area contributed by atoms with E-state index in [1.807, 2.05) is 4.90 Å². The summed E-state index contributed by atoms with van der Waals surface area (Å²) in [6.45, 7) is 4.85. The maximum atomic E-state index is 12.6. The maximum Gasteiger partial charge on any atom is 0.344 e. The second-order valence-electron chi connectivity index (χ2n) is 6.76. The molecule has 8 heteroatoms. The minimum Gasteiger partial charge on any atom is -0.379 e. The van der Waals surface area contributed by atoms with Gasteiger partial charge in [0.25, 0.3) is 11.8 Å². The van der Waals surface area contributed by atoms with Crippen LogP contribution < -0.4 is 10.7 Å². The number of ether oxygens (including phenoxy) is 1.